The fourth-order valence-corrected chi connectivity index (χ4v) is 17.5. The van der Waals surface area contributed by atoms with Gasteiger partial charge in [0.15, 0.2) is 33.3 Å². The third kappa shape index (κ3) is 51.3. The van der Waals surface area contributed by atoms with Gasteiger partial charge in [0, 0.05) is 48.3 Å². The van der Waals surface area contributed by atoms with Crippen LogP contribution >= 0.6 is 0 Å². The maximum absolute atomic E-state index is 9.95. The van der Waals surface area contributed by atoms with Crippen LogP contribution in [0.1, 0.15) is 0 Å². The zero-order valence-electron chi connectivity index (χ0n) is 21.1. The van der Waals surface area contributed by atoms with Gasteiger partial charge in [-0.2, -0.15) is 0 Å². The van der Waals surface area contributed by atoms with Gasteiger partial charge in [-0.15, -0.1) is 0 Å². The molecule has 0 bridgehead atoms. The van der Waals surface area contributed by atoms with Gasteiger partial charge in [0.25, 0.3) is 0 Å². The summed E-state index contributed by atoms with van der Waals surface area (Å²) in [5.74, 6) is 0. The molecule has 0 heterocycles. The van der Waals surface area contributed by atoms with Crippen molar-refractivity contribution in [3.63, 3.8) is 0 Å². The Balaban J connectivity index is -0.000000167. The van der Waals surface area contributed by atoms with Crippen LogP contribution in [-0.2, 0) is 12.3 Å². The molecule has 6 nitrogen and oxygen atoms in total. The molecule has 0 aromatic rings. The predicted molar refractivity (Wildman–Crippen MR) is 132 cm³/mol. The van der Waals surface area contributed by atoms with Crippen molar-refractivity contribution in [1.82, 2.24) is 0 Å². The molecular weight excluding hydrogens is 585 g/mol. The summed E-state index contributed by atoms with van der Waals surface area (Å²) in [6.45, 7) is 29.5. The van der Waals surface area contributed by atoms with E-state index >= 15 is 0 Å². The molecule has 0 fully saturated rings. The summed E-state index contributed by atoms with van der Waals surface area (Å²) in [5.41, 5.74) is 0. The smallest absolute Gasteiger partial charge is 0.436 e. The van der Waals surface area contributed by atoms with Crippen LogP contribution in [0, 0.1) is 41.7 Å². The van der Waals surface area contributed by atoms with E-state index in [1.165, 1.54) is 0 Å². The average molecular weight is 633 g/mol. The van der Waals surface area contributed by atoms with E-state index in [2.05, 4.69) is 58.9 Å². The van der Waals surface area contributed by atoms with Crippen molar-refractivity contribution >= 4 is 50.6 Å². The molecule has 0 saturated heterocycles. The molecule has 0 atom stereocenters. The molecule has 172 valence electrons. The van der Waals surface area contributed by atoms with Crippen molar-refractivity contribution in [3.8, 4) is 0 Å². The molecule has 3 N–H and O–H groups in total. The van der Waals surface area contributed by atoms with E-state index in [0.29, 0.717) is 0 Å². The minimum absolute atomic E-state index is 0. The van der Waals surface area contributed by atoms with Crippen molar-refractivity contribution in [1.29, 1.82) is 0 Å². The van der Waals surface area contributed by atoms with Crippen LogP contribution in [0.25, 0.3) is 0 Å². The first-order valence-electron chi connectivity index (χ1n) is 9.40. The van der Waals surface area contributed by atoms with Crippen LogP contribution < -0.4 is 0 Å². The Morgan fingerprint density at radius 1 is 0.429 bits per heavy atom. The Morgan fingerprint density at radius 2 is 0.607 bits per heavy atom. The van der Waals surface area contributed by atoms with E-state index in [0.717, 1.165) is 0 Å². The summed E-state index contributed by atoms with van der Waals surface area (Å²) in [5, 5.41) is 0. The number of hydrogen-bond acceptors (Lipinski definition) is 6. The van der Waals surface area contributed by atoms with Gasteiger partial charge < -0.3 is 26.7 Å². The second-order valence-corrected chi connectivity index (χ2v) is 35.3. The van der Waals surface area contributed by atoms with Crippen molar-refractivity contribution < 1.29 is 68.5 Å². The van der Waals surface area contributed by atoms with Crippen LogP contribution in [0.3, 0.4) is 0 Å². The fourth-order valence-electron chi connectivity index (χ4n) is 1.91. The van der Waals surface area contributed by atoms with Crippen molar-refractivity contribution in [2.24, 2.45) is 0 Å². The number of hydrogen-bond donors (Lipinski definition) is 3. The monoisotopic (exact) mass is 632 g/mol. The maximum Gasteiger partial charge on any atom is 0.473 e. The third-order valence-corrected chi connectivity index (χ3v) is 13.9. The van der Waals surface area contributed by atoms with E-state index in [1.807, 2.05) is 19.6 Å². The van der Waals surface area contributed by atoms with E-state index in [4.69, 9.17) is 17.1 Å². The van der Waals surface area contributed by atoms with Gasteiger partial charge in [0.05, 0.1) is 0 Å². The Labute approximate surface area is 215 Å². The van der Waals surface area contributed by atoms with Gasteiger partial charge in [-0.1, -0.05) is 0 Å². The molecule has 13 heteroatoms. The Bertz CT molecular complexity index is 370. The molecule has 0 saturated carbocycles. The summed E-state index contributed by atoms with van der Waals surface area (Å²) in [7, 11) is -11.5. The first-order valence-corrected chi connectivity index (χ1v) is 28.2. The van der Waals surface area contributed by atoms with Crippen molar-refractivity contribution in [2.75, 3.05) is 0 Å². The second kappa shape index (κ2) is 13.9. The largest absolute Gasteiger partial charge is 0.473 e. The van der Waals surface area contributed by atoms with E-state index < -0.39 is 50.6 Å². The summed E-state index contributed by atoms with van der Waals surface area (Å²) >= 11 is 0. The quantitative estimate of drug-likeness (QED) is 0.371. The molecule has 0 aliphatic heterocycles. The Hall–Kier alpha value is 2.44. The molecule has 0 spiro atoms. The number of rotatable bonds is 6. The molecule has 0 unspecified atom stereocenters. The zero-order chi connectivity index (χ0) is 23.1. The minimum Gasteiger partial charge on any atom is -0.436 e. The molecular formula is C15H48CeO6Si6. The van der Waals surface area contributed by atoms with Crippen LogP contribution in [0.2, 0.25) is 98.2 Å². The molecule has 0 radical (unpaired) electrons. The molecule has 0 aliphatic carbocycles. The molecule has 28 heavy (non-hydrogen) atoms. The maximum atomic E-state index is 9.95. The van der Waals surface area contributed by atoms with Gasteiger partial charge in [-0.05, 0) is 91.7 Å². The van der Waals surface area contributed by atoms with E-state index in [9.17, 15) is 9.59 Å². The van der Waals surface area contributed by atoms with Gasteiger partial charge >= 0.3 is 17.4 Å². The first-order chi connectivity index (χ1) is 11.1. The summed E-state index contributed by atoms with van der Waals surface area (Å²) in [6, 6.07) is 0. The molecule has 0 aliphatic rings. The van der Waals surface area contributed by atoms with Gasteiger partial charge in [-0.3, -0.25) is 0 Å². The van der Waals surface area contributed by atoms with Crippen molar-refractivity contribution in [3.05, 3.63) is 0 Å². The van der Waals surface area contributed by atoms with Crippen molar-refractivity contribution in [2.45, 2.75) is 98.2 Å². The summed E-state index contributed by atoms with van der Waals surface area (Å²) in [6.07, 6.45) is 0. The summed E-state index contributed by atoms with van der Waals surface area (Å²) in [4.78, 5) is 27.9. The molecule has 0 rings (SSSR count). The third-order valence-electron chi connectivity index (χ3n) is 1.55. The molecule has 0 aromatic carbocycles. The van der Waals surface area contributed by atoms with Crippen LogP contribution in [-0.4, -0.2) is 65.0 Å². The Morgan fingerprint density at radius 3 is 0.679 bits per heavy atom. The molecule has 0 aromatic heterocycles. The first kappa shape index (κ1) is 37.7. The molecule has 0 amide bonds. The van der Waals surface area contributed by atoms with Crippen LogP contribution in [0.4, 0.5) is 0 Å². The second-order valence-electron chi connectivity index (χ2n) is 11.2. The van der Waals surface area contributed by atoms with Gasteiger partial charge in [-0.25, -0.2) is 0 Å². The van der Waals surface area contributed by atoms with Gasteiger partial charge in [0.2, 0.25) is 0 Å². The van der Waals surface area contributed by atoms with Crippen LogP contribution in [0.5, 0.6) is 0 Å². The summed E-state index contributed by atoms with van der Waals surface area (Å²) < 4.78 is 16.8. The SMILES string of the molecule is C[Si](C)(C)O.C[Si](C)(C)O[Si](C)(C)O.C[Si](C)(C)O[Si](C)(O)O[Si](C)(C)C.[Ce]. The topological polar surface area (TPSA) is 88.4 Å². The zero-order valence-corrected chi connectivity index (χ0v) is 30.2. The van der Waals surface area contributed by atoms with Crippen LogP contribution in [0.15, 0.2) is 0 Å². The minimum atomic E-state index is -2.85. The normalized spacial score (nSPS) is 13.5. The predicted octanol–water partition coefficient (Wildman–Crippen LogP) is 4.60. The van der Waals surface area contributed by atoms with Gasteiger partial charge in [0.1, 0.15) is 0 Å². The Kier molecular flexibility index (Phi) is 18.7. The van der Waals surface area contributed by atoms with E-state index in [1.54, 1.807) is 19.6 Å². The van der Waals surface area contributed by atoms with E-state index in [-0.39, 0.29) is 41.7 Å². The fraction of sp³-hybridized carbons (Fsp3) is 1.00. The standard InChI is InChI=1S/C7H22O3Si3.C5H16O2Si2.C3H10OSi.Ce/c1-11(2,3)9-13(7,8)10-12(4,5)6;1-8(2,3)7-9(4,5)6;1-5(2,3)4;/h8H,1-7H3;6H,1-5H3;4H,1-3H3;. The average Bonchev–Trinajstić information content (AvgIpc) is 1.96.